The van der Waals surface area contributed by atoms with Crippen molar-refractivity contribution in [2.24, 2.45) is 5.92 Å². The first-order valence-corrected chi connectivity index (χ1v) is 19.2. The maximum absolute atomic E-state index is 13.9. The van der Waals surface area contributed by atoms with Crippen LogP contribution in [-0.4, -0.2) is 48.0 Å². The van der Waals surface area contributed by atoms with Gasteiger partial charge in [0.1, 0.15) is 0 Å². The molecule has 0 atom stereocenters. The van der Waals surface area contributed by atoms with Gasteiger partial charge in [-0.1, -0.05) is 72.0 Å². The van der Waals surface area contributed by atoms with Crippen LogP contribution < -0.4 is 10.1 Å². The number of hydrogen-bond acceptors (Lipinski definition) is 6. The maximum Gasteiger partial charge on any atom is 0.286 e. The second kappa shape index (κ2) is 14.9. The molecule has 4 aromatic rings. The number of aryl methyl sites for hydroxylation is 1. The molecule has 1 amide bonds. The van der Waals surface area contributed by atoms with Gasteiger partial charge in [0, 0.05) is 35.8 Å². The van der Waals surface area contributed by atoms with E-state index in [1.54, 1.807) is 22.9 Å². The van der Waals surface area contributed by atoms with E-state index in [2.05, 4.69) is 22.0 Å². The molecular weight excluding hydrogens is 673 g/mol. The van der Waals surface area contributed by atoms with Crippen molar-refractivity contribution >= 4 is 50.5 Å². The van der Waals surface area contributed by atoms with E-state index in [0.29, 0.717) is 27.0 Å². The summed E-state index contributed by atoms with van der Waals surface area (Å²) in [4.78, 5) is 15.5. The zero-order valence-electron chi connectivity index (χ0n) is 26.2. The van der Waals surface area contributed by atoms with Gasteiger partial charge in [-0.05, 0) is 81.0 Å². The molecule has 0 bridgehead atoms. The molecule has 12 heteroatoms. The molecule has 246 valence electrons. The summed E-state index contributed by atoms with van der Waals surface area (Å²) in [5.41, 5.74) is 6.74. The number of hydrazine groups is 1. The van der Waals surface area contributed by atoms with Gasteiger partial charge in [0.2, 0.25) is 10.0 Å². The van der Waals surface area contributed by atoms with Gasteiger partial charge < -0.3 is 0 Å². The fraction of sp³-hybridized carbons (Fsp3) is 0.371. The predicted octanol–water partition coefficient (Wildman–Crippen LogP) is 7.36. The number of amides is 1. The number of rotatable bonds is 9. The molecule has 1 saturated carbocycles. The van der Waals surface area contributed by atoms with Crippen LogP contribution in [0, 0.1) is 24.7 Å². The smallest absolute Gasteiger partial charge is 0.283 e. The number of piperidine rings is 1. The summed E-state index contributed by atoms with van der Waals surface area (Å²) < 4.78 is 31.1. The number of carbonyl (C=O) groups is 1. The summed E-state index contributed by atoms with van der Waals surface area (Å²) in [6, 6.07) is 16.9. The third kappa shape index (κ3) is 8.47. The number of thiophene rings is 1. The SMILES string of the molecule is Cc1ccc(C#Cc2ccc(-c3c(CNS(=O)(=O)CC4CCCC4)c(C(=O)NN4CCCCC4)nn3-c3ccc(Cl)cc3Cl)s2)cc1. The normalized spacial score (nSPS) is 15.8. The first kappa shape index (κ1) is 33.7. The largest absolute Gasteiger partial charge is 0.286 e. The van der Waals surface area contributed by atoms with Gasteiger partial charge in [0.25, 0.3) is 5.91 Å². The predicted molar refractivity (Wildman–Crippen MR) is 190 cm³/mol. The molecule has 0 radical (unpaired) electrons. The molecule has 8 nitrogen and oxygen atoms in total. The van der Waals surface area contributed by atoms with Crippen LogP contribution in [0.15, 0.2) is 54.6 Å². The summed E-state index contributed by atoms with van der Waals surface area (Å²) in [5.74, 6) is 6.26. The minimum atomic E-state index is -3.63. The Bertz CT molecular complexity index is 1910. The van der Waals surface area contributed by atoms with E-state index in [1.807, 2.05) is 48.3 Å². The lowest BCUT2D eigenvalue weighted by Gasteiger charge is -2.26. The Morgan fingerprint density at radius 1 is 0.979 bits per heavy atom. The van der Waals surface area contributed by atoms with Crippen molar-refractivity contribution in [3.05, 3.63) is 91.9 Å². The Kier molecular flexibility index (Phi) is 10.7. The molecule has 0 unspecified atom stereocenters. The number of nitrogens with one attached hydrogen (secondary N) is 2. The van der Waals surface area contributed by atoms with Crippen molar-refractivity contribution in [1.82, 2.24) is 24.9 Å². The number of benzene rings is 2. The summed E-state index contributed by atoms with van der Waals surface area (Å²) >= 11 is 14.4. The molecule has 6 rings (SSSR count). The fourth-order valence-electron chi connectivity index (χ4n) is 6.11. The highest BCUT2D eigenvalue weighted by atomic mass is 35.5. The van der Waals surface area contributed by atoms with Crippen molar-refractivity contribution in [2.45, 2.75) is 58.4 Å². The molecule has 3 heterocycles. The minimum absolute atomic E-state index is 0.0620. The fourth-order valence-corrected chi connectivity index (χ4v) is 8.96. The highest BCUT2D eigenvalue weighted by Crippen LogP contribution is 2.37. The zero-order valence-corrected chi connectivity index (χ0v) is 29.3. The third-order valence-electron chi connectivity index (χ3n) is 8.57. The highest BCUT2D eigenvalue weighted by Gasteiger charge is 2.30. The lowest BCUT2D eigenvalue weighted by molar-refractivity contribution is 0.0743. The zero-order chi connectivity index (χ0) is 33.0. The Balaban J connectivity index is 1.43. The highest BCUT2D eigenvalue weighted by molar-refractivity contribution is 7.89. The topological polar surface area (TPSA) is 96.3 Å². The average molecular weight is 711 g/mol. The van der Waals surface area contributed by atoms with Crippen molar-refractivity contribution in [1.29, 1.82) is 0 Å². The molecule has 2 N–H and O–H groups in total. The van der Waals surface area contributed by atoms with Crippen LogP contribution in [0.5, 0.6) is 0 Å². The first-order valence-electron chi connectivity index (χ1n) is 15.9. The number of sulfonamides is 1. The van der Waals surface area contributed by atoms with Gasteiger partial charge in [0.05, 0.1) is 31.9 Å². The second-order valence-electron chi connectivity index (χ2n) is 12.2. The second-order valence-corrected chi connectivity index (χ2v) is 16.0. The van der Waals surface area contributed by atoms with Gasteiger partial charge in [-0.25, -0.2) is 22.8 Å². The standard InChI is InChI=1S/C35H37Cl2N5O3S2/c1-24-9-11-25(12-10-24)13-15-28-16-18-32(46-28)34-29(22-38-47(44,45)23-26-7-3-4-8-26)33(35(43)40-41-19-5-2-6-20-41)39-42(34)31-17-14-27(36)21-30(31)37/h9-12,14,16-18,21,26,38H,2-8,19-20,22-23H2,1H3,(H,40,43). The third-order valence-corrected chi connectivity index (χ3v) is 11.6. The first-order chi connectivity index (χ1) is 22.6. The number of halogens is 2. The molecule has 1 saturated heterocycles. The van der Waals surface area contributed by atoms with Gasteiger partial charge in [-0.15, -0.1) is 11.3 Å². The van der Waals surface area contributed by atoms with Crippen LogP contribution in [0.4, 0.5) is 0 Å². The van der Waals surface area contributed by atoms with E-state index >= 15 is 0 Å². The Morgan fingerprint density at radius 3 is 2.45 bits per heavy atom. The van der Waals surface area contributed by atoms with Crippen LogP contribution in [0.2, 0.25) is 10.0 Å². The summed E-state index contributed by atoms with van der Waals surface area (Å²) in [7, 11) is -3.63. The Labute approximate surface area is 290 Å². The van der Waals surface area contributed by atoms with Crippen LogP contribution in [0.3, 0.4) is 0 Å². The molecule has 2 aromatic carbocycles. The lowest BCUT2D eigenvalue weighted by Crippen LogP contribution is -2.45. The van der Waals surface area contributed by atoms with E-state index < -0.39 is 15.9 Å². The van der Waals surface area contributed by atoms with Gasteiger partial charge in [-0.3, -0.25) is 10.2 Å². The number of nitrogens with zero attached hydrogens (tertiary/aromatic N) is 3. The molecule has 0 spiro atoms. The van der Waals surface area contributed by atoms with Gasteiger partial charge >= 0.3 is 0 Å². The van der Waals surface area contributed by atoms with E-state index in [4.69, 9.17) is 28.3 Å². The van der Waals surface area contributed by atoms with Crippen LogP contribution in [-0.2, 0) is 16.6 Å². The van der Waals surface area contributed by atoms with Crippen LogP contribution in [0.25, 0.3) is 16.3 Å². The minimum Gasteiger partial charge on any atom is -0.283 e. The van der Waals surface area contributed by atoms with E-state index in [0.717, 1.165) is 78.9 Å². The average Bonchev–Trinajstić information content (AvgIpc) is 3.81. The molecular formula is C35H37Cl2N5O3S2. The molecule has 2 aromatic heterocycles. The molecule has 2 fully saturated rings. The van der Waals surface area contributed by atoms with Gasteiger partial charge in [0.15, 0.2) is 5.69 Å². The summed E-state index contributed by atoms with van der Waals surface area (Å²) in [5, 5.41) is 7.51. The molecule has 1 aliphatic carbocycles. The van der Waals surface area contributed by atoms with E-state index in [-0.39, 0.29) is 23.9 Å². The van der Waals surface area contributed by atoms with Crippen molar-refractivity contribution in [2.75, 3.05) is 18.8 Å². The number of hydrogen-bond donors (Lipinski definition) is 2. The molecule has 1 aliphatic heterocycles. The van der Waals surface area contributed by atoms with Crippen molar-refractivity contribution < 1.29 is 13.2 Å². The summed E-state index contributed by atoms with van der Waals surface area (Å²) in [6.45, 7) is 3.40. The quantitative estimate of drug-likeness (QED) is 0.177. The Morgan fingerprint density at radius 2 is 1.72 bits per heavy atom. The molecule has 2 aliphatic rings. The van der Waals surface area contributed by atoms with E-state index in [1.165, 1.54) is 11.3 Å². The van der Waals surface area contributed by atoms with Crippen LogP contribution in [0.1, 0.15) is 77.0 Å². The van der Waals surface area contributed by atoms with E-state index in [9.17, 15) is 13.2 Å². The summed E-state index contributed by atoms with van der Waals surface area (Å²) in [6.07, 6.45) is 6.99. The number of carbonyl (C=O) groups excluding carboxylic acids is 1. The van der Waals surface area contributed by atoms with Crippen molar-refractivity contribution in [3.63, 3.8) is 0 Å². The monoisotopic (exact) mass is 709 g/mol. The Hall–Kier alpha value is -3.17. The van der Waals surface area contributed by atoms with Crippen LogP contribution >= 0.6 is 34.5 Å². The number of aromatic nitrogens is 2. The maximum atomic E-state index is 13.9. The molecule has 47 heavy (non-hydrogen) atoms. The van der Waals surface area contributed by atoms with Gasteiger partial charge in [-0.2, -0.15) is 5.10 Å². The van der Waals surface area contributed by atoms with Crippen molar-refractivity contribution in [3.8, 4) is 28.1 Å². The lowest BCUT2D eigenvalue weighted by atomic mass is 10.1.